The van der Waals surface area contributed by atoms with E-state index in [9.17, 15) is 0 Å². The molecule has 3 N–H and O–H groups in total. The second-order valence-corrected chi connectivity index (χ2v) is 5.38. The highest BCUT2D eigenvalue weighted by molar-refractivity contribution is 5.30. The summed E-state index contributed by atoms with van der Waals surface area (Å²) in [5.74, 6) is 0.679. The molecule has 3 rings (SSSR count). The van der Waals surface area contributed by atoms with E-state index in [1.165, 1.54) is 62.8 Å². The van der Waals surface area contributed by atoms with Crippen LogP contribution in [0.5, 0.6) is 0 Å². The Labute approximate surface area is 96.8 Å². The van der Waals surface area contributed by atoms with Crippen molar-refractivity contribution < 1.29 is 0 Å². The zero-order chi connectivity index (χ0) is 11.0. The average Bonchev–Trinajstić information content (AvgIpc) is 2.74. The van der Waals surface area contributed by atoms with Gasteiger partial charge in [-0.2, -0.15) is 5.10 Å². The summed E-state index contributed by atoms with van der Waals surface area (Å²) in [4.78, 5) is 0. The van der Waals surface area contributed by atoms with Gasteiger partial charge in [0.25, 0.3) is 0 Å². The molecule has 2 aliphatic rings. The summed E-state index contributed by atoms with van der Waals surface area (Å²) < 4.78 is 0. The Hall–Kier alpha value is -0.830. The summed E-state index contributed by atoms with van der Waals surface area (Å²) in [5, 5.41) is 7.83. The lowest BCUT2D eigenvalue weighted by molar-refractivity contribution is 0.388. The molecule has 0 saturated heterocycles. The standard InChI is InChI=1S/C13H21N3/c14-10-7-5-9(6-8-10)13-11-3-1-2-4-12(11)15-16-13/h9-10H,1-8,14H2,(H,15,16). The van der Waals surface area contributed by atoms with E-state index >= 15 is 0 Å². The van der Waals surface area contributed by atoms with Crippen molar-refractivity contribution in [3.8, 4) is 0 Å². The van der Waals surface area contributed by atoms with Crippen molar-refractivity contribution in [2.75, 3.05) is 0 Å². The lowest BCUT2D eigenvalue weighted by Crippen LogP contribution is -2.26. The molecule has 3 heteroatoms. The first kappa shape index (κ1) is 10.3. The Morgan fingerprint density at radius 3 is 2.62 bits per heavy atom. The Kier molecular flexibility index (Phi) is 2.72. The van der Waals surface area contributed by atoms with Gasteiger partial charge in [0.05, 0.1) is 5.69 Å². The van der Waals surface area contributed by atoms with Gasteiger partial charge in [0.15, 0.2) is 0 Å². The molecule has 1 aromatic rings. The Morgan fingerprint density at radius 1 is 1.06 bits per heavy atom. The van der Waals surface area contributed by atoms with Gasteiger partial charge in [-0.1, -0.05) is 0 Å². The summed E-state index contributed by atoms with van der Waals surface area (Å²) >= 11 is 0. The number of aromatic amines is 1. The van der Waals surface area contributed by atoms with Gasteiger partial charge in [-0.3, -0.25) is 5.10 Å². The van der Waals surface area contributed by atoms with Crippen LogP contribution in [0.2, 0.25) is 0 Å². The molecule has 0 aliphatic heterocycles. The summed E-state index contributed by atoms with van der Waals surface area (Å²) in [6.07, 6.45) is 9.92. The minimum absolute atomic E-state index is 0.436. The van der Waals surface area contributed by atoms with Crippen LogP contribution in [-0.4, -0.2) is 16.2 Å². The van der Waals surface area contributed by atoms with Crippen LogP contribution in [0.15, 0.2) is 0 Å². The molecular formula is C13H21N3. The van der Waals surface area contributed by atoms with E-state index in [0.29, 0.717) is 12.0 Å². The van der Waals surface area contributed by atoms with Crippen molar-refractivity contribution >= 4 is 0 Å². The lowest BCUT2D eigenvalue weighted by Gasteiger charge is -2.26. The SMILES string of the molecule is NC1CCC(c2n[nH]c3c2CCCC3)CC1. The van der Waals surface area contributed by atoms with Crippen LogP contribution < -0.4 is 5.73 Å². The molecule has 16 heavy (non-hydrogen) atoms. The molecule has 3 nitrogen and oxygen atoms in total. The van der Waals surface area contributed by atoms with Gasteiger partial charge in [0, 0.05) is 17.7 Å². The molecule has 0 amide bonds. The minimum Gasteiger partial charge on any atom is -0.328 e. The van der Waals surface area contributed by atoms with Gasteiger partial charge in [0.2, 0.25) is 0 Å². The van der Waals surface area contributed by atoms with Crippen LogP contribution in [0.25, 0.3) is 0 Å². The molecule has 0 bridgehead atoms. The molecule has 1 saturated carbocycles. The third-order valence-electron chi connectivity index (χ3n) is 4.25. The first-order valence-corrected chi connectivity index (χ1v) is 6.66. The van der Waals surface area contributed by atoms with Crippen LogP contribution in [0.1, 0.15) is 61.4 Å². The molecule has 1 heterocycles. The highest BCUT2D eigenvalue weighted by Crippen LogP contribution is 2.35. The van der Waals surface area contributed by atoms with Crippen LogP contribution in [0, 0.1) is 0 Å². The van der Waals surface area contributed by atoms with Crippen LogP contribution in [0.4, 0.5) is 0 Å². The van der Waals surface area contributed by atoms with Crippen LogP contribution in [-0.2, 0) is 12.8 Å². The summed E-state index contributed by atoms with van der Waals surface area (Å²) in [7, 11) is 0. The molecule has 1 fully saturated rings. The monoisotopic (exact) mass is 219 g/mol. The Bertz CT molecular complexity index is 361. The summed E-state index contributed by atoms with van der Waals surface area (Å²) in [6.45, 7) is 0. The number of rotatable bonds is 1. The number of nitrogens with one attached hydrogen (secondary N) is 1. The number of nitrogens with two attached hydrogens (primary N) is 1. The molecular weight excluding hydrogens is 198 g/mol. The quantitative estimate of drug-likeness (QED) is 0.761. The molecule has 0 radical (unpaired) electrons. The maximum atomic E-state index is 5.96. The van der Waals surface area contributed by atoms with Crippen molar-refractivity contribution in [3.63, 3.8) is 0 Å². The van der Waals surface area contributed by atoms with Gasteiger partial charge < -0.3 is 5.73 Å². The first-order valence-electron chi connectivity index (χ1n) is 6.66. The van der Waals surface area contributed by atoms with Gasteiger partial charge in [0.1, 0.15) is 0 Å². The first-order chi connectivity index (χ1) is 7.84. The zero-order valence-electron chi connectivity index (χ0n) is 9.84. The van der Waals surface area contributed by atoms with Gasteiger partial charge in [-0.15, -0.1) is 0 Å². The second-order valence-electron chi connectivity index (χ2n) is 5.38. The number of H-pyrrole nitrogens is 1. The third kappa shape index (κ3) is 1.77. The number of fused-ring (bicyclic) bond motifs is 1. The van der Waals surface area contributed by atoms with E-state index in [4.69, 9.17) is 5.73 Å². The largest absolute Gasteiger partial charge is 0.328 e. The number of hydrogen-bond donors (Lipinski definition) is 2. The topological polar surface area (TPSA) is 54.7 Å². The molecule has 2 aliphatic carbocycles. The molecule has 1 aromatic heterocycles. The maximum Gasteiger partial charge on any atom is 0.0687 e. The predicted molar refractivity (Wildman–Crippen MR) is 64.4 cm³/mol. The fourth-order valence-corrected chi connectivity index (χ4v) is 3.24. The maximum absolute atomic E-state index is 5.96. The third-order valence-corrected chi connectivity index (χ3v) is 4.25. The normalized spacial score (nSPS) is 30.1. The highest BCUT2D eigenvalue weighted by Gasteiger charge is 2.26. The number of nitrogens with zero attached hydrogens (tertiary/aromatic N) is 1. The molecule has 0 aromatic carbocycles. The fraction of sp³-hybridized carbons (Fsp3) is 0.769. The van der Waals surface area contributed by atoms with E-state index in [-0.39, 0.29) is 0 Å². The minimum atomic E-state index is 0.436. The van der Waals surface area contributed by atoms with E-state index in [0.717, 1.165) is 0 Å². The number of hydrogen-bond acceptors (Lipinski definition) is 2. The van der Waals surface area contributed by atoms with E-state index in [1.807, 2.05) is 0 Å². The van der Waals surface area contributed by atoms with Crippen LogP contribution in [0.3, 0.4) is 0 Å². The summed E-state index contributed by atoms with van der Waals surface area (Å²) in [6, 6.07) is 0.436. The highest BCUT2D eigenvalue weighted by atomic mass is 15.1. The molecule has 88 valence electrons. The Balaban J connectivity index is 1.81. The Morgan fingerprint density at radius 2 is 1.81 bits per heavy atom. The van der Waals surface area contributed by atoms with Gasteiger partial charge in [-0.05, 0) is 56.9 Å². The molecule has 0 spiro atoms. The van der Waals surface area contributed by atoms with E-state index in [1.54, 1.807) is 5.56 Å². The van der Waals surface area contributed by atoms with Gasteiger partial charge >= 0.3 is 0 Å². The second kappa shape index (κ2) is 4.21. The summed E-state index contributed by atoms with van der Waals surface area (Å²) in [5.41, 5.74) is 10.3. The lowest BCUT2D eigenvalue weighted by atomic mass is 9.81. The van der Waals surface area contributed by atoms with Crippen molar-refractivity contribution in [1.29, 1.82) is 0 Å². The number of aromatic nitrogens is 2. The van der Waals surface area contributed by atoms with Crippen molar-refractivity contribution in [3.05, 3.63) is 17.0 Å². The van der Waals surface area contributed by atoms with E-state index in [2.05, 4.69) is 10.2 Å². The van der Waals surface area contributed by atoms with E-state index < -0.39 is 0 Å². The zero-order valence-corrected chi connectivity index (χ0v) is 9.84. The molecule has 0 unspecified atom stereocenters. The van der Waals surface area contributed by atoms with Crippen molar-refractivity contribution in [1.82, 2.24) is 10.2 Å². The number of aryl methyl sites for hydroxylation is 1. The average molecular weight is 219 g/mol. The smallest absolute Gasteiger partial charge is 0.0687 e. The van der Waals surface area contributed by atoms with Crippen molar-refractivity contribution in [2.24, 2.45) is 5.73 Å². The molecule has 0 atom stereocenters. The fourth-order valence-electron chi connectivity index (χ4n) is 3.24. The van der Waals surface area contributed by atoms with Crippen LogP contribution >= 0.6 is 0 Å². The predicted octanol–water partition coefficient (Wildman–Crippen LogP) is 2.27. The van der Waals surface area contributed by atoms with Crippen molar-refractivity contribution in [2.45, 2.75) is 63.3 Å². The van der Waals surface area contributed by atoms with Gasteiger partial charge in [-0.25, -0.2) is 0 Å².